The monoisotopic (exact) mass is 469 g/mol. The Kier molecular flexibility index (Phi) is 6.41. The van der Waals surface area contributed by atoms with Crippen LogP contribution < -0.4 is 10.2 Å². The predicted molar refractivity (Wildman–Crippen MR) is 127 cm³/mol. The topological polar surface area (TPSA) is 70.6 Å². The number of hydrogen-bond acceptors (Lipinski definition) is 6. The SMILES string of the molecule is C[C@H](NC(=O)N1CCC(c2ncnc3cc(N4CCOCC4)sc23)CC1)c1ccc(F)cc1. The molecule has 2 aliphatic heterocycles. The van der Waals surface area contributed by atoms with Crippen LogP contribution >= 0.6 is 11.3 Å². The molecule has 0 radical (unpaired) electrons. The minimum Gasteiger partial charge on any atom is -0.378 e. The van der Waals surface area contributed by atoms with E-state index in [-0.39, 0.29) is 17.9 Å². The van der Waals surface area contributed by atoms with Crippen molar-refractivity contribution in [3.8, 4) is 0 Å². The van der Waals surface area contributed by atoms with Crippen LogP contribution in [0.3, 0.4) is 0 Å². The number of thiophene rings is 1. The molecule has 7 nitrogen and oxygen atoms in total. The highest BCUT2D eigenvalue weighted by Gasteiger charge is 2.28. The van der Waals surface area contributed by atoms with Crippen molar-refractivity contribution in [2.45, 2.75) is 31.7 Å². The number of ether oxygens (including phenoxy) is 1. The van der Waals surface area contributed by atoms with E-state index in [1.54, 1.807) is 29.8 Å². The molecule has 3 aromatic rings. The van der Waals surface area contributed by atoms with Gasteiger partial charge < -0.3 is 19.9 Å². The van der Waals surface area contributed by atoms with Crippen LogP contribution in [0.15, 0.2) is 36.7 Å². The van der Waals surface area contributed by atoms with Gasteiger partial charge in [-0.3, -0.25) is 0 Å². The summed E-state index contributed by atoms with van der Waals surface area (Å²) in [6.45, 7) is 6.59. The molecule has 4 heterocycles. The molecule has 33 heavy (non-hydrogen) atoms. The lowest BCUT2D eigenvalue weighted by atomic mass is 9.93. The van der Waals surface area contributed by atoms with Gasteiger partial charge in [-0.25, -0.2) is 19.2 Å². The Morgan fingerprint density at radius 2 is 1.88 bits per heavy atom. The molecule has 1 N–H and O–H groups in total. The van der Waals surface area contributed by atoms with E-state index in [0.29, 0.717) is 19.0 Å². The average molecular weight is 470 g/mol. The van der Waals surface area contributed by atoms with Crippen molar-refractivity contribution in [2.24, 2.45) is 0 Å². The first-order chi connectivity index (χ1) is 16.1. The van der Waals surface area contributed by atoms with Gasteiger partial charge in [-0.1, -0.05) is 12.1 Å². The summed E-state index contributed by atoms with van der Waals surface area (Å²) in [6, 6.07) is 8.15. The van der Waals surface area contributed by atoms with E-state index in [1.807, 2.05) is 11.8 Å². The Hall–Kier alpha value is -2.78. The number of aromatic nitrogens is 2. The van der Waals surface area contributed by atoms with Crippen LogP contribution in [0.4, 0.5) is 14.2 Å². The molecule has 174 valence electrons. The lowest BCUT2D eigenvalue weighted by Gasteiger charge is -2.32. The van der Waals surface area contributed by atoms with Gasteiger partial charge in [-0.05, 0) is 43.5 Å². The number of fused-ring (bicyclic) bond motifs is 1. The highest BCUT2D eigenvalue weighted by atomic mass is 32.1. The smallest absolute Gasteiger partial charge is 0.317 e. The molecule has 0 aliphatic carbocycles. The second-order valence-electron chi connectivity index (χ2n) is 8.64. The molecule has 2 amide bonds. The van der Waals surface area contributed by atoms with Crippen LogP contribution in [0.25, 0.3) is 10.2 Å². The molecular weight excluding hydrogens is 441 g/mol. The molecule has 0 saturated carbocycles. The molecule has 1 atom stereocenters. The molecule has 0 unspecified atom stereocenters. The number of urea groups is 1. The van der Waals surface area contributed by atoms with Crippen molar-refractivity contribution in [3.63, 3.8) is 0 Å². The molecule has 1 aromatic carbocycles. The van der Waals surface area contributed by atoms with Gasteiger partial charge in [-0.15, -0.1) is 11.3 Å². The lowest BCUT2D eigenvalue weighted by molar-refractivity contribution is 0.123. The van der Waals surface area contributed by atoms with E-state index in [4.69, 9.17) is 4.74 Å². The fourth-order valence-electron chi connectivity index (χ4n) is 4.56. The molecular formula is C24H28FN5O2S. The van der Waals surface area contributed by atoms with E-state index in [0.717, 1.165) is 60.6 Å². The minimum absolute atomic E-state index is 0.0798. The van der Waals surface area contributed by atoms with Crippen molar-refractivity contribution in [1.82, 2.24) is 20.2 Å². The zero-order chi connectivity index (χ0) is 22.8. The van der Waals surface area contributed by atoms with Crippen LogP contribution in [0.2, 0.25) is 0 Å². The second-order valence-corrected chi connectivity index (χ2v) is 9.67. The maximum Gasteiger partial charge on any atom is 0.317 e. The van der Waals surface area contributed by atoms with E-state index >= 15 is 0 Å². The number of anilines is 1. The normalized spacial score (nSPS) is 18.5. The molecule has 9 heteroatoms. The van der Waals surface area contributed by atoms with Crippen molar-refractivity contribution in [1.29, 1.82) is 0 Å². The number of hydrogen-bond donors (Lipinski definition) is 1. The van der Waals surface area contributed by atoms with Gasteiger partial charge in [0.2, 0.25) is 0 Å². The van der Waals surface area contributed by atoms with Gasteiger partial charge >= 0.3 is 6.03 Å². The number of nitrogens with one attached hydrogen (secondary N) is 1. The Morgan fingerprint density at radius 3 is 2.61 bits per heavy atom. The molecule has 0 spiro atoms. The predicted octanol–water partition coefficient (Wildman–Crippen LogP) is 4.32. The van der Waals surface area contributed by atoms with E-state index in [9.17, 15) is 9.18 Å². The molecule has 2 saturated heterocycles. The fraction of sp³-hybridized carbons (Fsp3) is 0.458. The van der Waals surface area contributed by atoms with Gasteiger partial charge in [-0.2, -0.15) is 0 Å². The zero-order valence-electron chi connectivity index (χ0n) is 18.7. The number of carbonyl (C=O) groups is 1. The number of halogens is 1. The summed E-state index contributed by atoms with van der Waals surface area (Å²) in [6.07, 6.45) is 3.40. The van der Waals surface area contributed by atoms with Crippen LogP contribution in [0, 0.1) is 5.82 Å². The number of morpholine rings is 1. The quantitative estimate of drug-likeness (QED) is 0.616. The van der Waals surface area contributed by atoms with Crippen LogP contribution in [0.5, 0.6) is 0 Å². The number of amides is 2. The van der Waals surface area contributed by atoms with Crippen molar-refractivity contribution in [3.05, 3.63) is 53.7 Å². The highest BCUT2D eigenvalue weighted by Crippen LogP contribution is 2.38. The van der Waals surface area contributed by atoms with E-state index < -0.39 is 0 Å². The number of nitrogens with zero attached hydrogens (tertiary/aromatic N) is 4. The average Bonchev–Trinajstić information content (AvgIpc) is 3.30. The number of piperidine rings is 1. The van der Waals surface area contributed by atoms with E-state index in [1.165, 1.54) is 17.1 Å². The lowest BCUT2D eigenvalue weighted by Crippen LogP contribution is -2.44. The third-order valence-electron chi connectivity index (χ3n) is 6.53. The molecule has 2 aromatic heterocycles. The third kappa shape index (κ3) is 4.79. The highest BCUT2D eigenvalue weighted by molar-refractivity contribution is 7.22. The summed E-state index contributed by atoms with van der Waals surface area (Å²) < 4.78 is 19.8. The Bertz CT molecular complexity index is 1110. The molecule has 5 rings (SSSR count). The Morgan fingerprint density at radius 1 is 1.15 bits per heavy atom. The maximum atomic E-state index is 13.2. The number of rotatable bonds is 4. The van der Waals surface area contributed by atoms with Crippen molar-refractivity contribution in [2.75, 3.05) is 44.3 Å². The fourth-order valence-corrected chi connectivity index (χ4v) is 5.79. The summed E-state index contributed by atoms with van der Waals surface area (Å²) in [5, 5.41) is 4.26. The molecule has 2 fully saturated rings. The van der Waals surface area contributed by atoms with Gasteiger partial charge in [0.1, 0.15) is 12.1 Å². The third-order valence-corrected chi connectivity index (χ3v) is 7.73. The first kappa shape index (κ1) is 22.0. The summed E-state index contributed by atoms with van der Waals surface area (Å²) in [7, 11) is 0. The van der Waals surface area contributed by atoms with Gasteiger partial charge in [0.15, 0.2) is 0 Å². The Labute approximate surface area is 196 Å². The summed E-state index contributed by atoms with van der Waals surface area (Å²) in [5.74, 6) is 0.0336. The minimum atomic E-state index is -0.277. The van der Waals surface area contributed by atoms with Gasteiger partial charge in [0.05, 0.1) is 40.2 Å². The van der Waals surface area contributed by atoms with Crippen molar-refractivity contribution >= 4 is 32.6 Å². The van der Waals surface area contributed by atoms with Crippen LogP contribution in [0.1, 0.15) is 43.0 Å². The van der Waals surface area contributed by atoms with Crippen LogP contribution in [-0.4, -0.2) is 60.3 Å². The summed E-state index contributed by atoms with van der Waals surface area (Å²) in [4.78, 5) is 26.2. The zero-order valence-corrected chi connectivity index (χ0v) is 19.5. The van der Waals surface area contributed by atoms with Crippen molar-refractivity contribution < 1.29 is 13.9 Å². The summed E-state index contributed by atoms with van der Waals surface area (Å²) in [5.41, 5.74) is 2.99. The second kappa shape index (κ2) is 9.61. The molecule has 0 bridgehead atoms. The maximum absolute atomic E-state index is 13.2. The standard InChI is InChI=1S/C24H28FN5O2S/c1-16(17-2-4-19(25)5-3-17)28-24(31)30-8-6-18(7-9-30)22-23-20(26-15-27-22)14-21(33-23)29-10-12-32-13-11-29/h2-5,14-16,18H,6-13H2,1H3,(H,28,31)/t16-/m0/s1. The number of likely N-dealkylation sites (tertiary alicyclic amines) is 1. The number of benzene rings is 1. The largest absolute Gasteiger partial charge is 0.378 e. The molecule has 2 aliphatic rings. The van der Waals surface area contributed by atoms with Gasteiger partial charge in [0, 0.05) is 32.1 Å². The summed E-state index contributed by atoms with van der Waals surface area (Å²) >= 11 is 1.76. The van der Waals surface area contributed by atoms with E-state index in [2.05, 4.69) is 26.3 Å². The van der Waals surface area contributed by atoms with Gasteiger partial charge in [0.25, 0.3) is 0 Å². The van der Waals surface area contributed by atoms with Crippen LogP contribution in [-0.2, 0) is 4.74 Å². The first-order valence-corrected chi connectivity index (χ1v) is 12.3. The first-order valence-electron chi connectivity index (χ1n) is 11.5. The Balaban J connectivity index is 1.23. The number of carbonyl (C=O) groups excluding carboxylic acids is 1.